The fourth-order valence-electron chi connectivity index (χ4n) is 3.76. The van der Waals surface area contributed by atoms with Crippen LogP contribution in [0.2, 0.25) is 0 Å². The Morgan fingerprint density at radius 3 is 1.65 bits per heavy atom. The molecule has 0 spiro atoms. The van der Waals surface area contributed by atoms with Crippen molar-refractivity contribution in [1.82, 2.24) is 0 Å². The van der Waals surface area contributed by atoms with E-state index in [4.69, 9.17) is 11.6 Å². The van der Waals surface area contributed by atoms with E-state index in [9.17, 15) is 0 Å². The topological polar surface area (TPSA) is 0 Å². The fourth-order valence-corrected chi connectivity index (χ4v) is 3.97. The summed E-state index contributed by atoms with van der Waals surface area (Å²) in [6.45, 7) is 3.93. The third-order valence-electron chi connectivity index (χ3n) is 4.98. The maximum absolute atomic E-state index is 5.66. The Balaban J connectivity index is 1.76. The Labute approximate surface area is 111 Å². The summed E-state index contributed by atoms with van der Waals surface area (Å²) < 4.78 is 0. The van der Waals surface area contributed by atoms with Crippen molar-refractivity contribution in [2.24, 2.45) is 23.7 Å². The van der Waals surface area contributed by atoms with Gasteiger partial charge in [0, 0.05) is 5.54 Å². The number of rotatable bonds is 3. The molecule has 2 rings (SSSR count). The van der Waals surface area contributed by atoms with E-state index in [1.165, 1.54) is 51.4 Å². The smallest absolute Gasteiger partial charge is 0.000525 e. The van der Waals surface area contributed by atoms with Crippen molar-refractivity contribution in [2.45, 2.75) is 51.4 Å². The number of hydrogen-bond donors (Lipinski definition) is 0. The second-order valence-electron chi connectivity index (χ2n) is 5.90. The van der Waals surface area contributed by atoms with Crippen LogP contribution < -0.4 is 0 Å². The van der Waals surface area contributed by atoms with Crippen molar-refractivity contribution >= 4 is 11.6 Å². The molecule has 2 saturated carbocycles. The standard InChI is InChI=1S/C16H25Cl/c1-2-13-3-7-15(8-4-13)16-9-5-14(6-10-16)11-12-17/h2,11-16H,1,3-10H2. The van der Waals surface area contributed by atoms with E-state index in [1.54, 1.807) is 5.54 Å². The van der Waals surface area contributed by atoms with Gasteiger partial charge < -0.3 is 0 Å². The first-order valence-corrected chi connectivity index (χ1v) is 7.66. The summed E-state index contributed by atoms with van der Waals surface area (Å²) in [7, 11) is 0. The van der Waals surface area contributed by atoms with Gasteiger partial charge in [0.25, 0.3) is 0 Å². The maximum atomic E-state index is 5.66. The minimum Gasteiger partial charge on any atom is -0.103 e. The van der Waals surface area contributed by atoms with E-state index in [0.29, 0.717) is 0 Å². The molecule has 17 heavy (non-hydrogen) atoms. The predicted octanol–water partition coefficient (Wildman–Crippen LogP) is 5.54. The van der Waals surface area contributed by atoms with Gasteiger partial charge in [-0.3, -0.25) is 0 Å². The average molecular weight is 253 g/mol. The first-order chi connectivity index (χ1) is 8.33. The molecule has 0 aliphatic heterocycles. The SMILES string of the molecule is C=CC1CCC(C2CCC(C=CCl)CC2)CC1. The highest BCUT2D eigenvalue weighted by atomic mass is 35.5. The lowest BCUT2D eigenvalue weighted by atomic mass is 9.69. The van der Waals surface area contributed by atoms with Gasteiger partial charge in [-0.15, -0.1) is 6.58 Å². The molecule has 0 heterocycles. The highest BCUT2D eigenvalue weighted by molar-refractivity contribution is 6.25. The fraction of sp³-hybridized carbons (Fsp3) is 0.750. The Kier molecular flexibility index (Phi) is 5.16. The molecule has 0 aromatic heterocycles. The van der Waals surface area contributed by atoms with E-state index in [-0.39, 0.29) is 0 Å². The van der Waals surface area contributed by atoms with Gasteiger partial charge in [-0.05, 0) is 75.0 Å². The third-order valence-corrected chi connectivity index (χ3v) is 5.12. The molecule has 0 bridgehead atoms. The van der Waals surface area contributed by atoms with Gasteiger partial charge in [-0.2, -0.15) is 0 Å². The minimum absolute atomic E-state index is 0.758. The molecule has 2 fully saturated rings. The molecule has 0 radical (unpaired) electrons. The van der Waals surface area contributed by atoms with Crippen LogP contribution in [0.5, 0.6) is 0 Å². The summed E-state index contributed by atoms with van der Waals surface area (Å²) in [5.74, 6) is 3.57. The summed E-state index contributed by atoms with van der Waals surface area (Å²) in [4.78, 5) is 0. The molecular weight excluding hydrogens is 228 g/mol. The summed E-state index contributed by atoms with van der Waals surface area (Å²) in [5.41, 5.74) is 1.71. The quantitative estimate of drug-likeness (QED) is 0.579. The lowest BCUT2D eigenvalue weighted by Crippen LogP contribution is -2.25. The summed E-state index contributed by atoms with van der Waals surface area (Å²) in [6.07, 6.45) is 15.6. The van der Waals surface area contributed by atoms with Gasteiger partial charge in [-0.25, -0.2) is 0 Å². The van der Waals surface area contributed by atoms with Crippen molar-refractivity contribution in [3.8, 4) is 0 Å². The van der Waals surface area contributed by atoms with Crippen molar-refractivity contribution in [3.63, 3.8) is 0 Å². The molecule has 0 N–H and O–H groups in total. The number of allylic oxidation sites excluding steroid dienone is 2. The van der Waals surface area contributed by atoms with Crippen LogP contribution in [0.3, 0.4) is 0 Å². The predicted molar refractivity (Wildman–Crippen MR) is 76.1 cm³/mol. The van der Waals surface area contributed by atoms with Crippen LogP contribution in [-0.4, -0.2) is 0 Å². The first kappa shape index (κ1) is 13.2. The van der Waals surface area contributed by atoms with Gasteiger partial charge in [-0.1, -0.05) is 23.8 Å². The average Bonchev–Trinajstić information content (AvgIpc) is 2.40. The zero-order valence-electron chi connectivity index (χ0n) is 10.8. The van der Waals surface area contributed by atoms with Gasteiger partial charge in [0.2, 0.25) is 0 Å². The summed E-state index contributed by atoms with van der Waals surface area (Å²) in [5, 5.41) is 0. The van der Waals surface area contributed by atoms with Crippen molar-refractivity contribution in [2.75, 3.05) is 0 Å². The van der Waals surface area contributed by atoms with Crippen LogP contribution in [-0.2, 0) is 0 Å². The van der Waals surface area contributed by atoms with E-state index in [1.807, 2.05) is 0 Å². The Hall–Kier alpha value is -0.230. The Morgan fingerprint density at radius 1 is 0.765 bits per heavy atom. The van der Waals surface area contributed by atoms with Crippen molar-refractivity contribution < 1.29 is 0 Å². The first-order valence-electron chi connectivity index (χ1n) is 7.23. The van der Waals surface area contributed by atoms with E-state index in [0.717, 1.165) is 23.7 Å². The van der Waals surface area contributed by atoms with Crippen LogP contribution in [0.4, 0.5) is 0 Å². The van der Waals surface area contributed by atoms with Crippen LogP contribution >= 0.6 is 11.6 Å². The molecule has 96 valence electrons. The van der Waals surface area contributed by atoms with Gasteiger partial charge >= 0.3 is 0 Å². The minimum atomic E-state index is 0.758. The molecule has 1 heteroatoms. The normalized spacial score (nSPS) is 39.4. The molecule has 0 nitrogen and oxygen atoms in total. The lowest BCUT2D eigenvalue weighted by Gasteiger charge is -2.36. The second-order valence-corrected chi connectivity index (χ2v) is 6.16. The van der Waals surface area contributed by atoms with Gasteiger partial charge in [0.05, 0.1) is 0 Å². The van der Waals surface area contributed by atoms with Crippen LogP contribution in [0.1, 0.15) is 51.4 Å². The third kappa shape index (κ3) is 3.61. The van der Waals surface area contributed by atoms with Crippen LogP contribution in [0.25, 0.3) is 0 Å². The zero-order valence-corrected chi connectivity index (χ0v) is 11.5. The van der Waals surface area contributed by atoms with Gasteiger partial charge in [0.15, 0.2) is 0 Å². The van der Waals surface area contributed by atoms with E-state index < -0.39 is 0 Å². The highest BCUT2D eigenvalue weighted by Gasteiger charge is 2.29. The largest absolute Gasteiger partial charge is 0.103 e. The molecule has 0 unspecified atom stereocenters. The summed E-state index contributed by atoms with van der Waals surface area (Å²) >= 11 is 5.66. The molecule has 0 amide bonds. The zero-order chi connectivity index (χ0) is 12.1. The second kappa shape index (κ2) is 6.64. The van der Waals surface area contributed by atoms with E-state index >= 15 is 0 Å². The monoisotopic (exact) mass is 252 g/mol. The van der Waals surface area contributed by atoms with Crippen LogP contribution in [0.15, 0.2) is 24.3 Å². The highest BCUT2D eigenvalue weighted by Crippen LogP contribution is 2.41. The molecule has 0 aromatic carbocycles. The molecule has 2 aliphatic rings. The van der Waals surface area contributed by atoms with E-state index in [2.05, 4.69) is 18.7 Å². The number of halogens is 1. The molecule has 0 aromatic rings. The lowest BCUT2D eigenvalue weighted by molar-refractivity contribution is 0.166. The Bertz CT molecular complexity index is 253. The molecular formula is C16H25Cl. The molecule has 0 atom stereocenters. The molecule has 2 aliphatic carbocycles. The molecule has 0 saturated heterocycles. The van der Waals surface area contributed by atoms with Crippen LogP contribution in [0, 0.1) is 23.7 Å². The maximum Gasteiger partial charge on any atom is 0.000525 e. The van der Waals surface area contributed by atoms with Crippen molar-refractivity contribution in [1.29, 1.82) is 0 Å². The van der Waals surface area contributed by atoms with Crippen molar-refractivity contribution in [3.05, 3.63) is 24.3 Å². The van der Waals surface area contributed by atoms with Gasteiger partial charge in [0.1, 0.15) is 0 Å². The Morgan fingerprint density at radius 2 is 1.24 bits per heavy atom. The summed E-state index contributed by atoms with van der Waals surface area (Å²) in [6, 6.07) is 0. The number of hydrogen-bond acceptors (Lipinski definition) is 0.